The van der Waals surface area contributed by atoms with E-state index < -0.39 is 0 Å². The van der Waals surface area contributed by atoms with Crippen molar-refractivity contribution in [3.05, 3.63) is 40.9 Å². The number of ether oxygens (including phenoxy) is 2. The fourth-order valence-corrected chi connectivity index (χ4v) is 3.00. The number of para-hydroxylation sites is 1. The molecule has 0 bridgehead atoms. The number of aromatic nitrogens is 1. The maximum atomic E-state index is 12.4. The molecule has 0 saturated carbocycles. The lowest BCUT2D eigenvalue weighted by atomic mass is 10.2. The number of aryl methyl sites for hydroxylation is 1. The summed E-state index contributed by atoms with van der Waals surface area (Å²) in [5, 5.41) is 5.30. The Hall–Kier alpha value is -1.92. The van der Waals surface area contributed by atoms with Gasteiger partial charge in [0.05, 0.1) is 17.4 Å². The van der Waals surface area contributed by atoms with Gasteiger partial charge >= 0.3 is 0 Å². The van der Waals surface area contributed by atoms with Crippen molar-refractivity contribution >= 4 is 22.4 Å². The molecule has 0 spiro atoms. The highest BCUT2D eigenvalue weighted by molar-refractivity contribution is 7.13. The molecule has 2 aromatic rings. The molecule has 0 radical (unpaired) electrons. The molecule has 6 heteroatoms. The van der Waals surface area contributed by atoms with Crippen LogP contribution in [0.3, 0.4) is 0 Å². The maximum absolute atomic E-state index is 12.4. The summed E-state index contributed by atoms with van der Waals surface area (Å²) in [6.07, 6.45) is 2.20. The molecule has 1 fully saturated rings. The zero-order valence-corrected chi connectivity index (χ0v) is 13.2. The van der Waals surface area contributed by atoms with Crippen molar-refractivity contribution < 1.29 is 14.3 Å². The first-order chi connectivity index (χ1) is 10.7. The highest BCUT2D eigenvalue weighted by Gasteiger charge is 2.18. The smallest absolute Gasteiger partial charge is 0.261 e. The standard InChI is InChI=1S/C16H18N2O3S/c1-11-10-22-16(17-11)18-15(19)13-6-2-3-7-14(13)21-9-12-5-4-8-20-12/h2-3,6-7,10,12H,4-5,8-9H2,1H3,(H,17,18,19)/t12-/m0/s1. The molecule has 1 N–H and O–H groups in total. The van der Waals surface area contributed by atoms with Gasteiger partial charge in [0.15, 0.2) is 5.13 Å². The second kappa shape index (κ2) is 6.89. The number of nitrogens with zero attached hydrogens (tertiary/aromatic N) is 1. The minimum atomic E-state index is -0.211. The largest absolute Gasteiger partial charge is 0.490 e. The van der Waals surface area contributed by atoms with Crippen molar-refractivity contribution in [1.82, 2.24) is 4.98 Å². The molecule has 1 aromatic heterocycles. The van der Waals surface area contributed by atoms with Gasteiger partial charge in [-0.15, -0.1) is 11.3 Å². The lowest BCUT2D eigenvalue weighted by molar-refractivity contribution is 0.0673. The van der Waals surface area contributed by atoms with Crippen LogP contribution in [0, 0.1) is 6.92 Å². The minimum Gasteiger partial charge on any atom is -0.490 e. The van der Waals surface area contributed by atoms with E-state index in [1.165, 1.54) is 11.3 Å². The van der Waals surface area contributed by atoms with Crippen LogP contribution in [0.25, 0.3) is 0 Å². The molecule has 3 rings (SSSR count). The monoisotopic (exact) mass is 318 g/mol. The zero-order valence-electron chi connectivity index (χ0n) is 12.4. The van der Waals surface area contributed by atoms with E-state index in [0.717, 1.165) is 25.1 Å². The lowest BCUT2D eigenvalue weighted by Crippen LogP contribution is -2.19. The molecule has 0 aliphatic carbocycles. The molecule has 0 unspecified atom stereocenters. The Morgan fingerprint density at radius 2 is 2.36 bits per heavy atom. The Kier molecular flexibility index (Phi) is 4.70. The molecule has 1 aliphatic rings. The summed E-state index contributed by atoms with van der Waals surface area (Å²) in [6.45, 7) is 3.16. The number of rotatable bonds is 5. The molecule has 1 aliphatic heterocycles. The van der Waals surface area contributed by atoms with E-state index in [1.54, 1.807) is 12.1 Å². The number of nitrogens with one attached hydrogen (secondary N) is 1. The number of carbonyl (C=O) groups excluding carboxylic acids is 1. The zero-order chi connectivity index (χ0) is 15.4. The number of hydrogen-bond acceptors (Lipinski definition) is 5. The van der Waals surface area contributed by atoms with Gasteiger partial charge in [0, 0.05) is 12.0 Å². The van der Waals surface area contributed by atoms with Crippen LogP contribution in [0.5, 0.6) is 5.75 Å². The second-order valence-electron chi connectivity index (χ2n) is 5.19. The topological polar surface area (TPSA) is 60.5 Å². The van der Waals surface area contributed by atoms with E-state index >= 15 is 0 Å². The van der Waals surface area contributed by atoms with E-state index in [1.807, 2.05) is 24.4 Å². The predicted molar refractivity (Wildman–Crippen MR) is 85.7 cm³/mol. The van der Waals surface area contributed by atoms with E-state index in [-0.39, 0.29) is 12.0 Å². The first kappa shape index (κ1) is 15.0. The van der Waals surface area contributed by atoms with Crippen molar-refractivity contribution in [1.29, 1.82) is 0 Å². The summed E-state index contributed by atoms with van der Waals surface area (Å²) in [5.41, 5.74) is 1.40. The average molecular weight is 318 g/mol. The predicted octanol–water partition coefficient (Wildman–Crippen LogP) is 3.26. The number of anilines is 1. The third-order valence-corrected chi connectivity index (χ3v) is 4.30. The molecule has 116 valence electrons. The van der Waals surface area contributed by atoms with Gasteiger partial charge in [0.2, 0.25) is 0 Å². The molecule has 22 heavy (non-hydrogen) atoms. The Balaban J connectivity index is 1.68. The van der Waals surface area contributed by atoms with Crippen LogP contribution < -0.4 is 10.1 Å². The van der Waals surface area contributed by atoms with Crippen LogP contribution in [-0.2, 0) is 4.74 Å². The summed E-state index contributed by atoms with van der Waals surface area (Å²) >= 11 is 1.41. The van der Waals surface area contributed by atoms with Crippen LogP contribution in [0.2, 0.25) is 0 Å². The van der Waals surface area contributed by atoms with Gasteiger partial charge in [0.1, 0.15) is 12.4 Å². The van der Waals surface area contributed by atoms with Crippen LogP contribution in [0.15, 0.2) is 29.6 Å². The van der Waals surface area contributed by atoms with E-state index in [4.69, 9.17) is 9.47 Å². The van der Waals surface area contributed by atoms with E-state index in [2.05, 4.69) is 10.3 Å². The second-order valence-corrected chi connectivity index (χ2v) is 6.05. The molecule has 1 amide bonds. The fourth-order valence-electron chi connectivity index (χ4n) is 2.31. The fraction of sp³-hybridized carbons (Fsp3) is 0.375. The van der Waals surface area contributed by atoms with Crippen LogP contribution in [0.4, 0.5) is 5.13 Å². The highest BCUT2D eigenvalue weighted by atomic mass is 32.1. The van der Waals surface area contributed by atoms with Gasteiger partial charge in [-0.1, -0.05) is 12.1 Å². The number of carbonyl (C=O) groups is 1. The Morgan fingerprint density at radius 3 is 3.09 bits per heavy atom. The van der Waals surface area contributed by atoms with Crippen molar-refractivity contribution in [2.45, 2.75) is 25.9 Å². The number of thiazole rings is 1. The Morgan fingerprint density at radius 1 is 1.50 bits per heavy atom. The quantitative estimate of drug-likeness (QED) is 0.919. The number of amides is 1. The Bertz CT molecular complexity index is 650. The van der Waals surface area contributed by atoms with Crippen LogP contribution in [0.1, 0.15) is 28.9 Å². The van der Waals surface area contributed by atoms with Crippen molar-refractivity contribution in [2.75, 3.05) is 18.5 Å². The highest BCUT2D eigenvalue weighted by Crippen LogP contribution is 2.22. The van der Waals surface area contributed by atoms with Gasteiger partial charge in [0.25, 0.3) is 5.91 Å². The van der Waals surface area contributed by atoms with Gasteiger partial charge < -0.3 is 9.47 Å². The molecule has 5 nitrogen and oxygen atoms in total. The number of hydrogen-bond donors (Lipinski definition) is 1. The first-order valence-corrected chi connectivity index (χ1v) is 8.17. The van der Waals surface area contributed by atoms with Crippen molar-refractivity contribution in [3.8, 4) is 5.75 Å². The molecule has 1 saturated heterocycles. The summed E-state index contributed by atoms with van der Waals surface area (Å²) in [5.74, 6) is 0.362. The third kappa shape index (κ3) is 3.64. The van der Waals surface area contributed by atoms with Gasteiger partial charge in [-0.3, -0.25) is 10.1 Å². The maximum Gasteiger partial charge on any atom is 0.261 e. The van der Waals surface area contributed by atoms with Crippen molar-refractivity contribution in [3.63, 3.8) is 0 Å². The van der Waals surface area contributed by atoms with Crippen molar-refractivity contribution in [2.24, 2.45) is 0 Å². The summed E-state index contributed by atoms with van der Waals surface area (Å²) in [6, 6.07) is 7.23. The van der Waals surface area contributed by atoms with Crippen LogP contribution in [-0.4, -0.2) is 30.2 Å². The molecular weight excluding hydrogens is 300 g/mol. The lowest BCUT2D eigenvalue weighted by Gasteiger charge is -2.14. The summed E-state index contributed by atoms with van der Waals surface area (Å²) in [4.78, 5) is 16.6. The van der Waals surface area contributed by atoms with Gasteiger partial charge in [-0.2, -0.15) is 0 Å². The first-order valence-electron chi connectivity index (χ1n) is 7.29. The SMILES string of the molecule is Cc1csc(NC(=O)c2ccccc2OC[C@@H]2CCCO2)n1. The third-order valence-electron chi connectivity index (χ3n) is 3.42. The Labute approximate surface area is 133 Å². The van der Waals surface area contributed by atoms with Gasteiger partial charge in [-0.25, -0.2) is 4.98 Å². The number of benzene rings is 1. The normalized spacial score (nSPS) is 17.4. The van der Waals surface area contributed by atoms with Gasteiger partial charge in [-0.05, 0) is 31.9 Å². The molecule has 1 atom stereocenters. The summed E-state index contributed by atoms with van der Waals surface area (Å²) in [7, 11) is 0. The molecule has 1 aromatic carbocycles. The molecule has 2 heterocycles. The average Bonchev–Trinajstić information content (AvgIpc) is 3.17. The minimum absolute atomic E-state index is 0.123. The van der Waals surface area contributed by atoms with E-state index in [0.29, 0.717) is 23.1 Å². The van der Waals surface area contributed by atoms with E-state index in [9.17, 15) is 4.79 Å². The molecular formula is C16H18N2O3S. The summed E-state index contributed by atoms with van der Waals surface area (Å²) < 4.78 is 11.3. The van der Waals surface area contributed by atoms with Crippen LogP contribution >= 0.6 is 11.3 Å².